The summed E-state index contributed by atoms with van der Waals surface area (Å²) in [6.07, 6.45) is 8.81. The molecule has 0 spiro atoms. The van der Waals surface area contributed by atoms with Gasteiger partial charge in [0.15, 0.2) is 10.1 Å². The Hall–Kier alpha value is -1.79. The number of hydrogen-bond donors (Lipinski definition) is 0. The van der Waals surface area contributed by atoms with Gasteiger partial charge in [0, 0.05) is 5.39 Å². The third-order valence-electron chi connectivity index (χ3n) is 4.46. The molecule has 0 radical (unpaired) electrons. The summed E-state index contributed by atoms with van der Waals surface area (Å²) in [6.45, 7) is 0. The Balaban J connectivity index is 1.65. The van der Waals surface area contributed by atoms with Gasteiger partial charge in [0.05, 0.1) is 6.20 Å². The number of aromatic nitrogens is 3. The van der Waals surface area contributed by atoms with E-state index in [1.807, 2.05) is 17.0 Å². The SMILES string of the molecule is CSc1nn2cc(-c3cc4ccc5c(c4o3)CCCC5)nc2s1. The van der Waals surface area contributed by atoms with Crippen LogP contribution in [-0.4, -0.2) is 20.9 Å². The first-order valence-electron chi connectivity index (χ1n) is 7.77. The highest BCUT2D eigenvalue weighted by Crippen LogP contribution is 2.35. The molecule has 0 saturated heterocycles. The van der Waals surface area contributed by atoms with Gasteiger partial charge < -0.3 is 4.42 Å². The van der Waals surface area contributed by atoms with Gasteiger partial charge in [-0.1, -0.05) is 35.2 Å². The topological polar surface area (TPSA) is 43.3 Å². The number of nitrogens with zero attached hydrogens (tertiary/aromatic N) is 3. The van der Waals surface area contributed by atoms with E-state index in [2.05, 4.69) is 28.3 Å². The second kappa shape index (κ2) is 5.11. The molecule has 23 heavy (non-hydrogen) atoms. The zero-order chi connectivity index (χ0) is 15.4. The summed E-state index contributed by atoms with van der Waals surface area (Å²) in [5.41, 5.74) is 4.74. The lowest BCUT2D eigenvalue weighted by molar-refractivity contribution is 0.610. The Morgan fingerprint density at radius 1 is 1.26 bits per heavy atom. The molecule has 3 heterocycles. The zero-order valence-electron chi connectivity index (χ0n) is 12.7. The highest BCUT2D eigenvalue weighted by atomic mass is 32.2. The van der Waals surface area contributed by atoms with Crippen molar-refractivity contribution in [2.75, 3.05) is 6.26 Å². The zero-order valence-corrected chi connectivity index (χ0v) is 14.3. The van der Waals surface area contributed by atoms with Gasteiger partial charge in [0.2, 0.25) is 4.96 Å². The molecule has 5 rings (SSSR count). The van der Waals surface area contributed by atoms with Crippen LogP contribution in [-0.2, 0) is 12.8 Å². The molecular weight excluding hydrogens is 326 g/mol. The number of imidazole rings is 1. The minimum atomic E-state index is 0.836. The molecule has 4 nitrogen and oxygen atoms in total. The average Bonchev–Trinajstić information content (AvgIpc) is 3.26. The number of thioether (sulfide) groups is 1. The molecule has 1 aliphatic carbocycles. The summed E-state index contributed by atoms with van der Waals surface area (Å²) < 4.78 is 9.07. The second-order valence-corrected chi connectivity index (χ2v) is 7.87. The fourth-order valence-corrected chi connectivity index (χ4v) is 4.68. The van der Waals surface area contributed by atoms with Crippen molar-refractivity contribution in [1.82, 2.24) is 14.6 Å². The smallest absolute Gasteiger partial charge is 0.213 e. The molecule has 0 atom stereocenters. The van der Waals surface area contributed by atoms with Crippen LogP contribution in [0.25, 0.3) is 27.4 Å². The largest absolute Gasteiger partial charge is 0.454 e. The first-order chi connectivity index (χ1) is 11.3. The summed E-state index contributed by atoms with van der Waals surface area (Å²) in [6, 6.07) is 6.54. The molecule has 0 aliphatic heterocycles. The number of benzene rings is 1. The quantitative estimate of drug-likeness (QED) is 0.491. The van der Waals surface area contributed by atoms with Crippen LogP contribution in [0.4, 0.5) is 0 Å². The van der Waals surface area contributed by atoms with Crippen molar-refractivity contribution in [2.24, 2.45) is 0 Å². The van der Waals surface area contributed by atoms with Gasteiger partial charge in [-0.25, -0.2) is 9.50 Å². The number of fused-ring (bicyclic) bond motifs is 4. The van der Waals surface area contributed by atoms with E-state index in [4.69, 9.17) is 4.42 Å². The lowest BCUT2D eigenvalue weighted by Crippen LogP contribution is -2.02. The molecule has 3 aromatic heterocycles. The van der Waals surface area contributed by atoms with Gasteiger partial charge in [-0.05, 0) is 49.1 Å². The highest BCUT2D eigenvalue weighted by Gasteiger charge is 2.18. The normalized spacial score (nSPS) is 14.7. The van der Waals surface area contributed by atoms with Gasteiger partial charge in [-0.15, -0.1) is 5.10 Å². The third kappa shape index (κ3) is 2.12. The van der Waals surface area contributed by atoms with Gasteiger partial charge in [0.25, 0.3) is 0 Å². The number of hydrogen-bond acceptors (Lipinski definition) is 5. The second-order valence-electron chi connectivity index (χ2n) is 5.86. The van der Waals surface area contributed by atoms with Crippen LogP contribution in [0.15, 0.2) is 33.2 Å². The average molecular weight is 341 g/mol. The molecule has 1 aliphatic rings. The fourth-order valence-electron chi connectivity index (χ4n) is 3.34. The molecule has 116 valence electrons. The minimum absolute atomic E-state index is 0.836. The first kappa shape index (κ1) is 13.6. The Kier molecular flexibility index (Phi) is 3.03. The lowest BCUT2D eigenvalue weighted by Gasteiger charge is -2.15. The standard InChI is InChI=1S/C17H15N3OS2/c1-22-17-19-20-9-13(18-16(20)23-17)14-8-11-7-6-10-4-2-3-5-12(10)15(11)21-14/h6-9H,2-5H2,1H3. The van der Waals surface area contributed by atoms with Crippen LogP contribution in [0.1, 0.15) is 24.0 Å². The van der Waals surface area contributed by atoms with Crippen LogP contribution in [0.5, 0.6) is 0 Å². The Morgan fingerprint density at radius 3 is 3.04 bits per heavy atom. The van der Waals surface area contributed by atoms with Crippen molar-refractivity contribution in [3.05, 3.63) is 35.5 Å². The molecular formula is C17H15N3OS2. The predicted octanol–water partition coefficient (Wildman–Crippen LogP) is 4.80. The maximum Gasteiger partial charge on any atom is 0.213 e. The maximum absolute atomic E-state index is 6.20. The van der Waals surface area contributed by atoms with E-state index in [-0.39, 0.29) is 0 Å². The van der Waals surface area contributed by atoms with E-state index in [0.29, 0.717) is 0 Å². The predicted molar refractivity (Wildman–Crippen MR) is 94.5 cm³/mol. The monoisotopic (exact) mass is 341 g/mol. The summed E-state index contributed by atoms with van der Waals surface area (Å²) in [7, 11) is 0. The maximum atomic E-state index is 6.20. The van der Waals surface area contributed by atoms with E-state index >= 15 is 0 Å². The van der Waals surface area contributed by atoms with Crippen LogP contribution in [0, 0.1) is 0 Å². The number of rotatable bonds is 2. The van der Waals surface area contributed by atoms with Crippen LogP contribution in [0.3, 0.4) is 0 Å². The summed E-state index contributed by atoms with van der Waals surface area (Å²) in [5.74, 6) is 0.836. The van der Waals surface area contributed by atoms with Gasteiger partial charge >= 0.3 is 0 Å². The summed E-state index contributed by atoms with van der Waals surface area (Å²) in [4.78, 5) is 5.58. The molecule has 6 heteroatoms. The molecule has 0 bridgehead atoms. The van der Waals surface area contributed by atoms with Crippen LogP contribution >= 0.6 is 23.1 Å². The van der Waals surface area contributed by atoms with Crippen molar-refractivity contribution < 1.29 is 4.42 Å². The van der Waals surface area contributed by atoms with E-state index in [9.17, 15) is 0 Å². The van der Waals surface area contributed by atoms with Crippen molar-refractivity contribution in [1.29, 1.82) is 0 Å². The summed E-state index contributed by atoms with van der Waals surface area (Å²) in [5, 5.41) is 5.67. The van der Waals surface area contributed by atoms with Crippen LogP contribution < -0.4 is 0 Å². The Morgan fingerprint density at radius 2 is 2.17 bits per heavy atom. The van der Waals surface area contributed by atoms with Crippen molar-refractivity contribution in [3.8, 4) is 11.5 Å². The molecule has 0 saturated carbocycles. The highest BCUT2D eigenvalue weighted by molar-refractivity contribution is 8.00. The molecule has 0 amide bonds. The number of aryl methyl sites for hydroxylation is 2. The van der Waals surface area contributed by atoms with Gasteiger partial charge in [-0.3, -0.25) is 0 Å². The van der Waals surface area contributed by atoms with E-state index in [1.54, 1.807) is 23.1 Å². The van der Waals surface area contributed by atoms with E-state index < -0.39 is 0 Å². The van der Waals surface area contributed by atoms with Crippen LogP contribution in [0.2, 0.25) is 0 Å². The number of furan rings is 1. The molecule has 4 aromatic rings. The third-order valence-corrected chi connectivity index (χ3v) is 6.36. The lowest BCUT2D eigenvalue weighted by atomic mass is 9.90. The van der Waals surface area contributed by atoms with Crippen molar-refractivity contribution in [3.63, 3.8) is 0 Å². The first-order valence-corrected chi connectivity index (χ1v) is 9.81. The van der Waals surface area contributed by atoms with Crippen molar-refractivity contribution >= 4 is 39.0 Å². The fraction of sp³-hybridized carbons (Fsp3) is 0.294. The van der Waals surface area contributed by atoms with Gasteiger partial charge in [-0.2, -0.15) is 0 Å². The van der Waals surface area contributed by atoms with Crippen molar-refractivity contribution in [2.45, 2.75) is 30.0 Å². The molecule has 0 unspecified atom stereocenters. The van der Waals surface area contributed by atoms with Gasteiger partial charge in [0.1, 0.15) is 11.3 Å². The molecule has 0 fully saturated rings. The minimum Gasteiger partial charge on any atom is -0.454 e. The Bertz CT molecular complexity index is 996. The molecule has 1 aromatic carbocycles. The van der Waals surface area contributed by atoms with E-state index in [1.165, 1.54) is 35.8 Å². The molecule has 0 N–H and O–H groups in total. The summed E-state index contributed by atoms with van der Waals surface area (Å²) >= 11 is 3.25. The van der Waals surface area contributed by atoms with E-state index in [0.717, 1.165) is 32.8 Å². The Labute approximate surface area is 141 Å².